The molecule has 2 N–H and O–H groups in total. The van der Waals surface area contributed by atoms with E-state index in [9.17, 15) is 9.90 Å². The van der Waals surface area contributed by atoms with Gasteiger partial charge in [0.15, 0.2) is 5.82 Å². The number of anilines is 2. The second kappa shape index (κ2) is 12.8. The molecule has 4 aromatic rings. The number of carbonyl (C=O) groups excluding carboxylic acids is 1. The van der Waals surface area contributed by atoms with Crippen LogP contribution in [0.4, 0.5) is 16.0 Å². The van der Waals surface area contributed by atoms with Crippen molar-refractivity contribution in [2.75, 3.05) is 56.5 Å². The predicted octanol–water partition coefficient (Wildman–Crippen LogP) is 5.00. The molecule has 1 amide bonds. The van der Waals surface area contributed by atoms with Crippen molar-refractivity contribution in [2.45, 2.75) is 76.5 Å². The van der Waals surface area contributed by atoms with Crippen LogP contribution in [0, 0.1) is 18.2 Å². The summed E-state index contributed by atoms with van der Waals surface area (Å²) in [5, 5.41) is 17.5. The quantitative estimate of drug-likeness (QED) is 0.296. The Morgan fingerprint density at radius 3 is 2.39 bits per heavy atom. The van der Waals surface area contributed by atoms with Crippen molar-refractivity contribution in [3.63, 3.8) is 0 Å². The van der Waals surface area contributed by atoms with Gasteiger partial charge in [0.25, 0.3) is 5.91 Å². The smallest absolute Gasteiger partial charge is 0.261 e. The van der Waals surface area contributed by atoms with Gasteiger partial charge in [0.2, 0.25) is 5.95 Å². The largest absolute Gasteiger partial charge is 0.393 e. The predicted molar refractivity (Wildman–Crippen MR) is 188 cm³/mol. The number of hydrogen-bond acceptors (Lipinski definition) is 8. The second-order valence-electron chi connectivity index (χ2n) is 15.1. The molecule has 0 atom stereocenters. The molecule has 1 saturated carbocycles. The fraction of sp³-hybridized carbons (Fsp3) is 0.568. The van der Waals surface area contributed by atoms with E-state index in [4.69, 9.17) is 4.98 Å². The Kier molecular flexibility index (Phi) is 8.44. The molecule has 4 fully saturated rings. The molecule has 6 heterocycles. The van der Waals surface area contributed by atoms with Crippen LogP contribution in [0.1, 0.15) is 73.5 Å². The number of piperidine rings is 2. The Bertz CT molecular complexity index is 1840. The lowest BCUT2D eigenvalue weighted by Gasteiger charge is -2.54. The highest BCUT2D eigenvalue weighted by molar-refractivity contribution is 6.05. The number of carbonyl (C=O) groups is 1. The third-order valence-corrected chi connectivity index (χ3v) is 12.0. The average molecular weight is 670 g/mol. The number of hydrogen-bond donors (Lipinski definition) is 2. The minimum atomic E-state index is -0.690. The van der Waals surface area contributed by atoms with Crippen LogP contribution in [-0.2, 0) is 7.05 Å². The van der Waals surface area contributed by atoms with Gasteiger partial charge in [0.05, 0.1) is 28.9 Å². The number of nitrogens with zero attached hydrogens (tertiary/aromatic N) is 8. The zero-order valence-electron chi connectivity index (χ0n) is 28.9. The molecule has 12 heteroatoms. The van der Waals surface area contributed by atoms with Gasteiger partial charge in [-0.3, -0.25) is 19.8 Å². The second-order valence-corrected chi connectivity index (χ2v) is 15.1. The molecule has 0 radical (unpaired) electrons. The summed E-state index contributed by atoms with van der Waals surface area (Å²) >= 11 is 0. The van der Waals surface area contributed by atoms with Crippen LogP contribution in [0.2, 0.25) is 0 Å². The van der Waals surface area contributed by atoms with Gasteiger partial charge < -0.3 is 24.4 Å². The lowest BCUT2D eigenvalue weighted by atomic mass is 9.72. The standard InChI is InChI=1S/C37H48FN9O2/c1-24-30(21-40-44(24)3)34-33(38)29(10-15-39-34)35(49)42-36-41-31-9-6-27(20-32(31)47(36)26-4-7-28(48)8-5-26)45-16-11-25(12-17-45)46-18-13-37(14-19-46)22-43(2)23-37/h6,9-10,15,20-21,25-26,28,48H,4-5,7-8,11-14,16-19,22-23H2,1-3H3,(H,41,42,49)/t26-,28+. The van der Waals surface area contributed by atoms with Crippen LogP contribution in [0.5, 0.6) is 0 Å². The topological polar surface area (TPSA) is 108 Å². The third-order valence-electron chi connectivity index (χ3n) is 12.0. The van der Waals surface area contributed by atoms with Gasteiger partial charge >= 0.3 is 0 Å². The van der Waals surface area contributed by atoms with Crippen molar-refractivity contribution in [3.05, 3.63) is 53.7 Å². The van der Waals surface area contributed by atoms with E-state index in [1.54, 1.807) is 17.9 Å². The summed E-state index contributed by atoms with van der Waals surface area (Å²) < 4.78 is 19.6. The molecular formula is C37H48FN9O2. The van der Waals surface area contributed by atoms with E-state index < -0.39 is 11.7 Å². The van der Waals surface area contributed by atoms with Crippen LogP contribution in [0.3, 0.4) is 0 Å². The number of halogens is 1. The maximum Gasteiger partial charge on any atom is 0.261 e. The normalized spacial score (nSPS) is 23.7. The highest BCUT2D eigenvalue weighted by Gasteiger charge is 2.44. The number of benzene rings is 1. The summed E-state index contributed by atoms with van der Waals surface area (Å²) in [5.74, 6) is -0.872. The van der Waals surface area contributed by atoms with E-state index in [1.807, 2.05) is 13.0 Å². The van der Waals surface area contributed by atoms with E-state index in [0.717, 1.165) is 61.2 Å². The minimum absolute atomic E-state index is 0.0541. The summed E-state index contributed by atoms with van der Waals surface area (Å²) in [4.78, 5) is 30.5. The number of amides is 1. The first-order chi connectivity index (χ1) is 23.7. The number of aryl methyl sites for hydroxylation is 1. The van der Waals surface area contributed by atoms with Crippen LogP contribution in [0.15, 0.2) is 36.7 Å². The maximum atomic E-state index is 15.9. The van der Waals surface area contributed by atoms with Crippen molar-refractivity contribution in [3.8, 4) is 11.3 Å². The first-order valence-electron chi connectivity index (χ1n) is 18.0. The number of nitrogens with one attached hydrogen (secondary N) is 1. The molecule has 0 bridgehead atoms. The maximum absolute atomic E-state index is 15.9. The molecular weight excluding hydrogens is 621 g/mol. The van der Waals surface area contributed by atoms with Crippen molar-refractivity contribution < 1.29 is 14.3 Å². The van der Waals surface area contributed by atoms with Crippen LogP contribution < -0.4 is 10.2 Å². The summed E-state index contributed by atoms with van der Waals surface area (Å²) in [5.41, 5.74) is 4.77. The molecule has 49 heavy (non-hydrogen) atoms. The Morgan fingerprint density at radius 1 is 0.980 bits per heavy atom. The fourth-order valence-corrected chi connectivity index (χ4v) is 9.03. The van der Waals surface area contributed by atoms with Gasteiger partial charge in [-0.25, -0.2) is 9.37 Å². The molecule has 0 unspecified atom stereocenters. The molecule has 3 aromatic heterocycles. The number of rotatable bonds is 6. The average Bonchev–Trinajstić information content (AvgIpc) is 3.62. The van der Waals surface area contributed by atoms with Crippen molar-refractivity contribution in [1.29, 1.82) is 0 Å². The van der Waals surface area contributed by atoms with Crippen molar-refractivity contribution in [1.82, 2.24) is 34.1 Å². The van der Waals surface area contributed by atoms with E-state index in [2.05, 4.69) is 53.8 Å². The Hall–Kier alpha value is -3.87. The van der Waals surface area contributed by atoms with Gasteiger partial charge in [-0.2, -0.15) is 5.10 Å². The van der Waals surface area contributed by atoms with Gasteiger partial charge in [0, 0.05) is 68.5 Å². The molecule has 11 nitrogen and oxygen atoms in total. The van der Waals surface area contributed by atoms with E-state index in [1.165, 1.54) is 51.3 Å². The van der Waals surface area contributed by atoms with Gasteiger partial charge in [-0.05, 0) is 108 Å². The van der Waals surface area contributed by atoms with Crippen LogP contribution in [0.25, 0.3) is 22.3 Å². The first kappa shape index (κ1) is 32.3. The van der Waals surface area contributed by atoms with Crippen LogP contribution in [-0.4, -0.2) is 104 Å². The van der Waals surface area contributed by atoms with Crippen molar-refractivity contribution >= 4 is 28.6 Å². The number of imidazole rings is 1. The monoisotopic (exact) mass is 669 g/mol. The number of likely N-dealkylation sites (tertiary alicyclic amines) is 2. The highest BCUT2D eigenvalue weighted by atomic mass is 19.1. The Balaban J connectivity index is 1.03. The summed E-state index contributed by atoms with van der Waals surface area (Å²) in [6.45, 7) is 8.83. The Labute approximate surface area is 287 Å². The molecule has 3 aliphatic heterocycles. The van der Waals surface area contributed by atoms with Crippen LogP contribution >= 0.6 is 0 Å². The number of aliphatic hydroxyl groups is 1. The molecule has 1 aliphatic carbocycles. The van der Waals surface area contributed by atoms with Gasteiger partial charge in [-0.15, -0.1) is 0 Å². The van der Waals surface area contributed by atoms with Gasteiger partial charge in [0.1, 0.15) is 5.69 Å². The SMILES string of the molecule is Cc1c(-c2nccc(C(=O)Nc3nc4ccc(N5CCC(N6CCC7(CC6)CN(C)C7)CC5)cc4n3[C@H]3CC[C@@H](O)CC3)c2F)cnn1C. The lowest BCUT2D eigenvalue weighted by molar-refractivity contribution is -0.0419. The first-order valence-corrected chi connectivity index (χ1v) is 18.0. The van der Waals surface area contributed by atoms with Gasteiger partial charge in [-0.1, -0.05) is 0 Å². The zero-order chi connectivity index (χ0) is 33.9. The fourth-order valence-electron chi connectivity index (χ4n) is 9.03. The summed E-state index contributed by atoms with van der Waals surface area (Å²) in [6.07, 6.45) is 10.6. The molecule has 1 aromatic carbocycles. The van der Waals surface area contributed by atoms with E-state index in [0.29, 0.717) is 35.8 Å². The molecule has 260 valence electrons. The molecule has 4 aliphatic rings. The number of fused-ring (bicyclic) bond motifs is 1. The number of pyridine rings is 1. The number of aliphatic hydroxyl groups excluding tert-OH is 1. The highest BCUT2D eigenvalue weighted by Crippen LogP contribution is 2.41. The summed E-state index contributed by atoms with van der Waals surface area (Å²) in [6, 6.07) is 8.48. The minimum Gasteiger partial charge on any atom is -0.393 e. The van der Waals surface area contributed by atoms with E-state index in [-0.39, 0.29) is 23.4 Å². The molecule has 8 rings (SSSR count). The summed E-state index contributed by atoms with van der Waals surface area (Å²) in [7, 11) is 4.02. The van der Waals surface area contributed by atoms with Crippen molar-refractivity contribution in [2.24, 2.45) is 12.5 Å². The lowest BCUT2D eigenvalue weighted by Crippen LogP contribution is -2.60. The van der Waals surface area contributed by atoms with E-state index >= 15 is 4.39 Å². The Morgan fingerprint density at radius 2 is 1.71 bits per heavy atom. The molecule has 3 saturated heterocycles. The molecule has 1 spiro atoms. The number of aromatic nitrogens is 5. The third kappa shape index (κ3) is 6.01. The zero-order valence-corrected chi connectivity index (χ0v) is 28.9.